The molecule has 0 radical (unpaired) electrons. The minimum absolute atomic E-state index is 0.0833. The number of carbonyl (C=O) groups excluding carboxylic acids is 1. The number of anilines is 1. The molecule has 136 valence electrons. The Balaban J connectivity index is 1.41. The van der Waals surface area contributed by atoms with Crippen LogP contribution < -0.4 is 5.32 Å². The van der Waals surface area contributed by atoms with Gasteiger partial charge in [0, 0.05) is 7.05 Å². The van der Waals surface area contributed by atoms with Gasteiger partial charge in [-0.1, -0.05) is 59.5 Å². The van der Waals surface area contributed by atoms with Crippen LogP contribution in [0.25, 0.3) is 21.5 Å². The van der Waals surface area contributed by atoms with E-state index < -0.39 is 0 Å². The number of thiazole rings is 1. The summed E-state index contributed by atoms with van der Waals surface area (Å²) in [6.07, 6.45) is 1.84. The Labute approximate surface area is 165 Å². The number of fused-ring (bicyclic) bond motifs is 1. The summed E-state index contributed by atoms with van der Waals surface area (Å²) in [5.41, 5.74) is 4.22. The third-order valence-corrected chi connectivity index (χ3v) is 6.12. The van der Waals surface area contributed by atoms with E-state index in [0.717, 1.165) is 26.6 Å². The predicted molar refractivity (Wildman–Crippen MR) is 112 cm³/mol. The average Bonchev–Trinajstić information content (AvgIpc) is 3.23. The van der Waals surface area contributed by atoms with Crippen LogP contribution in [0.1, 0.15) is 5.56 Å². The van der Waals surface area contributed by atoms with Gasteiger partial charge in [-0.2, -0.15) is 0 Å². The van der Waals surface area contributed by atoms with Crippen LogP contribution >= 0.6 is 23.1 Å². The van der Waals surface area contributed by atoms with E-state index in [9.17, 15) is 4.79 Å². The number of hydrogen-bond acceptors (Lipinski definition) is 5. The summed E-state index contributed by atoms with van der Waals surface area (Å²) in [7, 11) is 1.96. The smallest absolute Gasteiger partial charge is 0.236 e. The Morgan fingerprint density at radius 2 is 2.04 bits per heavy atom. The molecule has 1 amide bonds. The number of rotatable bonds is 5. The quantitative estimate of drug-likeness (QED) is 0.497. The molecule has 4 aromatic rings. The topological polar surface area (TPSA) is 59.8 Å². The van der Waals surface area contributed by atoms with Gasteiger partial charge in [0.05, 0.1) is 27.9 Å². The Hall–Kier alpha value is -2.64. The van der Waals surface area contributed by atoms with Crippen molar-refractivity contribution in [3.8, 4) is 11.3 Å². The number of aryl methyl sites for hydroxylation is 1. The Kier molecular flexibility index (Phi) is 4.96. The first-order valence-corrected chi connectivity index (χ1v) is 10.3. The van der Waals surface area contributed by atoms with Gasteiger partial charge in [-0.3, -0.25) is 4.79 Å². The summed E-state index contributed by atoms with van der Waals surface area (Å²) in [6, 6.07) is 16.2. The molecule has 0 aliphatic rings. The molecule has 2 heterocycles. The monoisotopic (exact) mass is 394 g/mol. The molecule has 0 unspecified atom stereocenters. The lowest BCUT2D eigenvalue weighted by atomic mass is 10.2. The zero-order chi connectivity index (χ0) is 18.8. The van der Waals surface area contributed by atoms with Crippen molar-refractivity contribution in [2.45, 2.75) is 12.1 Å². The molecule has 27 heavy (non-hydrogen) atoms. The number of nitrogens with zero attached hydrogens (tertiary/aromatic N) is 3. The fraction of sp³-hybridized carbons (Fsp3) is 0.150. The third kappa shape index (κ3) is 3.89. The van der Waals surface area contributed by atoms with Crippen molar-refractivity contribution in [2.24, 2.45) is 7.05 Å². The number of carbonyl (C=O) groups is 1. The minimum atomic E-state index is -0.0833. The van der Waals surface area contributed by atoms with Crippen LogP contribution in [-0.2, 0) is 11.8 Å². The summed E-state index contributed by atoms with van der Waals surface area (Å²) in [4.78, 5) is 21.2. The number of nitrogens with one attached hydrogen (secondary N) is 1. The first-order valence-electron chi connectivity index (χ1n) is 8.47. The standard InChI is InChI=1S/C20H18N4OS2/c1-13-8-9-15-17(10-13)27-19(22-15)23-18(25)12-26-20-21-11-16(24(20)2)14-6-4-3-5-7-14/h3-11H,12H2,1-2H3,(H,22,23,25). The van der Waals surface area contributed by atoms with Crippen LogP contribution in [0.5, 0.6) is 0 Å². The summed E-state index contributed by atoms with van der Waals surface area (Å²) < 4.78 is 3.09. The van der Waals surface area contributed by atoms with E-state index in [1.165, 1.54) is 28.7 Å². The van der Waals surface area contributed by atoms with Gasteiger partial charge < -0.3 is 9.88 Å². The maximum Gasteiger partial charge on any atom is 0.236 e. The van der Waals surface area contributed by atoms with Crippen molar-refractivity contribution < 1.29 is 4.79 Å². The van der Waals surface area contributed by atoms with Crippen molar-refractivity contribution in [1.82, 2.24) is 14.5 Å². The van der Waals surface area contributed by atoms with Crippen LogP contribution in [0.4, 0.5) is 5.13 Å². The summed E-state index contributed by atoms with van der Waals surface area (Å²) >= 11 is 2.91. The van der Waals surface area contributed by atoms with Gasteiger partial charge in [-0.25, -0.2) is 9.97 Å². The molecule has 0 bridgehead atoms. The van der Waals surface area contributed by atoms with Crippen LogP contribution in [0.3, 0.4) is 0 Å². The highest BCUT2D eigenvalue weighted by Gasteiger charge is 2.12. The van der Waals surface area contributed by atoms with Gasteiger partial charge in [-0.15, -0.1) is 0 Å². The highest BCUT2D eigenvalue weighted by Crippen LogP contribution is 2.28. The lowest BCUT2D eigenvalue weighted by molar-refractivity contribution is -0.113. The van der Waals surface area contributed by atoms with E-state index in [1.807, 2.05) is 67.2 Å². The molecule has 0 atom stereocenters. The van der Waals surface area contributed by atoms with E-state index in [0.29, 0.717) is 5.13 Å². The van der Waals surface area contributed by atoms with Crippen LogP contribution in [0.15, 0.2) is 59.9 Å². The van der Waals surface area contributed by atoms with E-state index in [-0.39, 0.29) is 11.7 Å². The van der Waals surface area contributed by atoms with Crippen LogP contribution in [-0.4, -0.2) is 26.2 Å². The predicted octanol–water partition coefficient (Wildman–Crippen LogP) is 4.74. The molecular formula is C20H18N4OS2. The first kappa shape index (κ1) is 17.8. The number of thioether (sulfide) groups is 1. The van der Waals surface area contributed by atoms with Gasteiger partial charge in [0.1, 0.15) is 0 Å². The Morgan fingerprint density at radius 1 is 1.22 bits per heavy atom. The molecule has 0 saturated heterocycles. The number of hydrogen-bond donors (Lipinski definition) is 1. The summed E-state index contributed by atoms with van der Waals surface area (Å²) in [5, 5.41) is 4.33. The van der Waals surface area contributed by atoms with Gasteiger partial charge in [-0.05, 0) is 30.2 Å². The molecule has 0 aliphatic carbocycles. The third-order valence-electron chi connectivity index (χ3n) is 4.14. The molecule has 1 N–H and O–H groups in total. The Bertz CT molecular complexity index is 1100. The minimum Gasteiger partial charge on any atom is -0.322 e. The van der Waals surface area contributed by atoms with Crippen LogP contribution in [0, 0.1) is 6.92 Å². The second-order valence-corrected chi connectivity index (χ2v) is 8.15. The largest absolute Gasteiger partial charge is 0.322 e. The molecule has 2 aromatic heterocycles. The van der Waals surface area contributed by atoms with Gasteiger partial charge in [0.2, 0.25) is 5.91 Å². The SMILES string of the molecule is Cc1ccc2nc(NC(=O)CSc3ncc(-c4ccccc4)n3C)sc2c1. The van der Waals surface area contributed by atoms with Crippen LogP contribution in [0.2, 0.25) is 0 Å². The maximum absolute atomic E-state index is 12.3. The van der Waals surface area contributed by atoms with Gasteiger partial charge in [0.15, 0.2) is 10.3 Å². The average molecular weight is 395 g/mol. The Morgan fingerprint density at radius 3 is 2.85 bits per heavy atom. The van der Waals surface area contributed by atoms with Crippen molar-refractivity contribution >= 4 is 44.4 Å². The number of benzene rings is 2. The highest BCUT2D eigenvalue weighted by atomic mass is 32.2. The molecule has 4 rings (SSSR count). The maximum atomic E-state index is 12.3. The van der Waals surface area contributed by atoms with E-state index in [1.54, 1.807) is 0 Å². The molecular weight excluding hydrogens is 376 g/mol. The highest BCUT2D eigenvalue weighted by molar-refractivity contribution is 7.99. The van der Waals surface area contributed by atoms with Crippen molar-refractivity contribution in [3.05, 3.63) is 60.3 Å². The summed E-state index contributed by atoms with van der Waals surface area (Å²) in [6.45, 7) is 2.05. The van der Waals surface area contributed by atoms with Crippen molar-refractivity contribution in [2.75, 3.05) is 11.1 Å². The number of amides is 1. The lowest BCUT2D eigenvalue weighted by Gasteiger charge is -2.05. The van der Waals surface area contributed by atoms with E-state index in [2.05, 4.69) is 21.4 Å². The number of aromatic nitrogens is 3. The molecule has 5 nitrogen and oxygen atoms in total. The van der Waals surface area contributed by atoms with Gasteiger partial charge >= 0.3 is 0 Å². The normalized spacial score (nSPS) is 11.0. The van der Waals surface area contributed by atoms with Gasteiger partial charge in [0.25, 0.3) is 0 Å². The second-order valence-electron chi connectivity index (χ2n) is 6.18. The van der Waals surface area contributed by atoms with Crippen molar-refractivity contribution in [3.63, 3.8) is 0 Å². The van der Waals surface area contributed by atoms with E-state index in [4.69, 9.17) is 0 Å². The first-order chi connectivity index (χ1) is 13.1. The zero-order valence-corrected chi connectivity index (χ0v) is 16.6. The molecule has 0 fully saturated rings. The molecule has 2 aromatic carbocycles. The van der Waals surface area contributed by atoms with Crippen molar-refractivity contribution in [1.29, 1.82) is 0 Å². The summed E-state index contributed by atoms with van der Waals surface area (Å²) in [5.74, 6) is 0.202. The fourth-order valence-electron chi connectivity index (χ4n) is 2.77. The fourth-order valence-corrected chi connectivity index (χ4v) is 4.51. The number of imidazole rings is 1. The molecule has 0 spiro atoms. The zero-order valence-electron chi connectivity index (χ0n) is 15.0. The lowest BCUT2D eigenvalue weighted by Crippen LogP contribution is -2.14. The molecule has 7 heteroatoms. The van der Waals surface area contributed by atoms with E-state index >= 15 is 0 Å². The molecule has 0 saturated carbocycles. The molecule has 0 aliphatic heterocycles. The second kappa shape index (κ2) is 7.54.